The highest BCUT2D eigenvalue weighted by molar-refractivity contribution is 5.81. The van der Waals surface area contributed by atoms with Gasteiger partial charge in [-0.1, -0.05) is 70.2 Å². The summed E-state index contributed by atoms with van der Waals surface area (Å²) < 4.78 is 0. The van der Waals surface area contributed by atoms with Crippen LogP contribution in [0.5, 0.6) is 0 Å². The van der Waals surface area contributed by atoms with Gasteiger partial charge in [-0.25, -0.2) is 0 Å². The number of unbranched alkanes of at least 4 members (excludes halogenated alkanes) is 4. The Morgan fingerprint density at radius 2 is 1.74 bits per heavy atom. The third kappa shape index (κ3) is 9.71. The molecule has 4 heteroatoms. The number of hydrogen-bond acceptors (Lipinski definition) is 3. The molecule has 0 heterocycles. The fourth-order valence-corrected chi connectivity index (χ4v) is 3.36. The molecule has 0 saturated heterocycles. The third-order valence-corrected chi connectivity index (χ3v) is 5.11. The highest BCUT2D eigenvalue weighted by Crippen LogP contribution is 2.32. The fraction of sp³-hybridized carbons (Fsp3) is 0.652. The Balaban J connectivity index is 0.000000345. The molecule has 1 aliphatic carbocycles. The van der Waals surface area contributed by atoms with Crippen LogP contribution in [0.3, 0.4) is 0 Å². The van der Waals surface area contributed by atoms with Crippen LogP contribution in [0.2, 0.25) is 0 Å². The van der Waals surface area contributed by atoms with Crippen molar-refractivity contribution in [3.63, 3.8) is 0 Å². The van der Waals surface area contributed by atoms with E-state index in [1.807, 2.05) is 12.1 Å². The van der Waals surface area contributed by atoms with Crippen molar-refractivity contribution in [3.05, 3.63) is 35.4 Å². The summed E-state index contributed by atoms with van der Waals surface area (Å²) in [4.78, 5) is 21.2. The summed E-state index contributed by atoms with van der Waals surface area (Å²) in [6.07, 6.45) is 9.61. The van der Waals surface area contributed by atoms with Crippen molar-refractivity contribution in [2.75, 3.05) is 0 Å². The number of carbonyl (C=O) groups excluding carboxylic acids is 1. The summed E-state index contributed by atoms with van der Waals surface area (Å²) in [7, 11) is 0. The predicted molar refractivity (Wildman–Crippen MR) is 109 cm³/mol. The maximum absolute atomic E-state index is 11.3. The first kappa shape index (κ1) is 23.4. The van der Waals surface area contributed by atoms with Crippen LogP contribution >= 0.6 is 0 Å². The van der Waals surface area contributed by atoms with Gasteiger partial charge in [0.1, 0.15) is 5.78 Å². The zero-order valence-electron chi connectivity index (χ0n) is 17.0. The lowest BCUT2D eigenvalue weighted by Crippen LogP contribution is -1.99. The Hall–Kier alpha value is -1.68. The first-order valence-electron chi connectivity index (χ1n) is 10.5. The quantitative estimate of drug-likeness (QED) is 0.507. The monoisotopic (exact) mass is 376 g/mol. The molecule has 1 unspecified atom stereocenters. The standard InChI is InChI=1S/C16H22O2.C7H14O2/c1-2-3-4-16(18)13-7-5-12(6-8-13)14-9-10-15(17)11-14;1-2-3-4-5-6-7(8)9/h5-8,14,16,18H,2-4,9-11H2,1H3;2-6H2,1H3,(H,8,9)/t14-,16?;/m0./s1. The molecule has 0 amide bonds. The molecule has 2 atom stereocenters. The van der Waals surface area contributed by atoms with Crippen LogP contribution < -0.4 is 0 Å². The molecule has 1 fully saturated rings. The highest BCUT2D eigenvalue weighted by atomic mass is 16.4. The summed E-state index contributed by atoms with van der Waals surface area (Å²) in [6.45, 7) is 4.24. The molecule has 1 aromatic rings. The smallest absolute Gasteiger partial charge is 0.303 e. The molecule has 2 rings (SSSR count). The molecule has 4 nitrogen and oxygen atoms in total. The average molecular weight is 377 g/mol. The van der Waals surface area contributed by atoms with E-state index < -0.39 is 5.97 Å². The van der Waals surface area contributed by atoms with Gasteiger partial charge in [0, 0.05) is 19.3 Å². The molecule has 1 aliphatic rings. The predicted octanol–water partition coefficient (Wildman–Crippen LogP) is 5.79. The van der Waals surface area contributed by atoms with Crippen LogP contribution in [0.1, 0.15) is 108 Å². The van der Waals surface area contributed by atoms with Crippen LogP contribution in [0, 0.1) is 0 Å². The van der Waals surface area contributed by atoms with Crippen molar-refractivity contribution in [3.8, 4) is 0 Å². The van der Waals surface area contributed by atoms with Crippen LogP contribution in [0.15, 0.2) is 24.3 Å². The van der Waals surface area contributed by atoms with Gasteiger partial charge < -0.3 is 10.2 Å². The molecule has 152 valence electrons. The molecular formula is C23H36O4. The van der Waals surface area contributed by atoms with E-state index in [1.54, 1.807) is 0 Å². The Morgan fingerprint density at radius 1 is 1.07 bits per heavy atom. The van der Waals surface area contributed by atoms with E-state index in [2.05, 4.69) is 26.0 Å². The molecule has 27 heavy (non-hydrogen) atoms. The SMILES string of the molecule is CCCCC(O)c1ccc([C@H]2CCC(=O)C2)cc1.CCCCCCC(=O)O. The summed E-state index contributed by atoms with van der Waals surface area (Å²) in [5.74, 6) is 0.109. The van der Waals surface area contributed by atoms with E-state index >= 15 is 0 Å². The summed E-state index contributed by atoms with van der Waals surface area (Å²) in [5.41, 5.74) is 2.24. The average Bonchev–Trinajstić information content (AvgIpc) is 3.10. The first-order valence-corrected chi connectivity index (χ1v) is 10.5. The van der Waals surface area contributed by atoms with Crippen molar-refractivity contribution in [1.29, 1.82) is 0 Å². The number of hydrogen-bond donors (Lipinski definition) is 2. The maximum atomic E-state index is 11.3. The zero-order valence-corrected chi connectivity index (χ0v) is 17.0. The Kier molecular flexibility index (Phi) is 11.7. The minimum atomic E-state index is -0.675. The van der Waals surface area contributed by atoms with Crippen molar-refractivity contribution in [2.24, 2.45) is 0 Å². The number of carboxylic acids is 1. The van der Waals surface area contributed by atoms with E-state index in [9.17, 15) is 14.7 Å². The van der Waals surface area contributed by atoms with E-state index in [4.69, 9.17) is 5.11 Å². The minimum Gasteiger partial charge on any atom is -0.481 e. The molecule has 1 saturated carbocycles. The van der Waals surface area contributed by atoms with Crippen LogP contribution in [-0.2, 0) is 9.59 Å². The zero-order chi connectivity index (χ0) is 20.1. The van der Waals surface area contributed by atoms with E-state index in [0.29, 0.717) is 24.5 Å². The number of aliphatic carboxylic acids is 1. The van der Waals surface area contributed by atoms with Gasteiger partial charge in [0.25, 0.3) is 0 Å². The molecule has 0 aliphatic heterocycles. The van der Waals surface area contributed by atoms with Gasteiger partial charge in [0.05, 0.1) is 6.10 Å². The van der Waals surface area contributed by atoms with Gasteiger partial charge in [0.2, 0.25) is 0 Å². The normalized spacial score (nSPS) is 17.3. The summed E-state index contributed by atoms with van der Waals surface area (Å²) in [6, 6.07) is 8.18. The number of carbonyl (C=O) groups is 2. The van der Waals surface area contributed by atoms with Crippen molar-refractivity contribution in [1.82, 2.24) is 0 Å². The number of aliphatic hydroxyl groups excluding tert-OH is 1. The second kappa shape index (κ2) is 13.5. The number of aliphatic hydroxyl groups is 1. The summed E-state index contributed by atoms with van der Waals surface area (Å²) >= 11 is 0. The van der Waals surface area contributed by atoms with E-state index in [0.717, 1.165) is 56.9 Å². The van der Waals surface area contributed by atoms with Crippen LogP contribution in [0.4, 0.5) is 0 Å². The summed E-state index contributed by atoms with van der Waals surface area (Å²) in [5, 5.41) is 18.2. The van der Waals surface area contributed by atoms with E-state index in [-0.39, 0.29) is 6.10 Å². The second-order valence-electron chi connectivity index (χ2n) is 7.51. The topological polar surface area (TPSA) is 74.6 Å². The van der Waals surface area contributed by atoms with Gasteiger partial charge in [-0.05, 0) is 36.3 Å². The number of ketones is 1. The molecule has 0 spiro atoms. The Bertz CT molecular complexity index is 550. The number of carboxylic acid groups (broad SMARTS) is 1. The van der Waals surface area contributed by atoms with Gasteiger partial charge >= 0.3 is 5.97 Å². The molecule has 0 bridgehead atoms. The molecular weight excluding hydrogens is 340 g/mol. The molecule has 1 aromatic carbocycles. The fourth-order valence-electron chi connectivity index (χ4n) is 3.36. The van der Waals surface area contributed by atoms with E-state index in [1.165, 1.54) is 12.0 Å². The minimum absolute atomic E-state index is 0.333. The van der Waals surface area contributed by atoms with Gasteiger partial charge in [-0.15, -0.1) is 0 Å². The lowest BCUT2D eigenvalue weighted by atomic mass is 9.95. The van der Waals surface area contributed by atoms with Crippen molar-refractivity contribution in [2.45, 2.75) is 96.5 Å². The first-order chi connectivity index (χ1) is 13.0. The van der Waals surface area contributed by atoms with Gasteiger partial charge in [-0.3, -0.25) is 9.59 Å². The van der Waals surface area contributed by atoms with Crippen molar-refractivity contribution < 1.29 is 19.8 Å². The largest absolute Gasteiger partial charge is 0.481 e. The van der Waals surface area contributed by atoms with Gasteiger partial charge in [0.15, 0.2) is 0 Å². The molecule has 0 radical (unpaired) electrons. The van der Waals surface area contributed by atoms with Crippen molar-refractivity contribution >= 4 is 11.8 Å². The third-order valence-electron chi connectivity index (χ3n) is 5.11. The molecule has 0 aromatic heterocycles. The lowest BCUT2D eigenvalue weighted by molar-refractivity contribution is -0.137. The number of rotatable bonds is 10. The molecule has 2 N–H and O–H groups in total. The maximum Gasteiger partial charge on any atom is 0.303 e. The lowest BCUT2D eigenvalue weighted by Gasteiger charge is -2.13. The number of Topliss-reactive ketones (excluding diaryl/α,β-unsaturated/α-hetero) is 1. The Labute approximate surface area is 164 Å². The Morgan fingerprint density at radius 3 is 2.26 bits per heavy atom. The second-order valence-corrected chi connectivity index (χ2v) is 7.51. The van der Waals surface area contributed by atoms with Gasteiger partial charge in [-0.2, -0.15) is 0 Å². The highest BCUT2D eigenvalue weighted by Gasteiger charge is 2.23. The number of benzene rings is 1. The van der Waals surface area contributed by atoms with Crippen LogP contribution in [0.25, 0.3) is 0 Å². The van der Waals surface area contributed by atoms with Crippen LogP contribution in [-0.4, -0.2) is 22.0 Å².